The standard InChI is InChI=1S/C16H16N4OS/c1-10(11-3-5-12(6-4-11)15(21)17-2)20-14-13-7-8-22-16(13)19-9-18-14/h3-10H,1-2H3,(H,17,21)(H,18,19,20). The third-order valence-corrected chi connectivity index (χ3v) is 4.34. The molecule has 5 nitrogen and oxygen atoms in total. The predicted molar refractivity (Wildman–Crippen MR) is 89.3 cm³/mol. The number of aromatic nitrogens is 2. The van der Waals surface area contributed by atoms with Crippen molar-refractivity contribution in [2.75, 3.05) is 12.4 Å². The van der Waals surface area contributed by atoms with E-state index in [4.69, 9.17) is 0 Å². The summed E-state index contributed by atoms with van der Waals surface area (Å²) in [5.41, 5.74) is 1.75. The summed E-state index contributed by atoms with van der Waals surface area (Å²) in [7, 11) is 1.63. The van der Waals surface area contributed by atoms with Gasteiger partial charge in [-0.15, -0.1) is 11.3 Å². The zero-order valence-corrected chi connectivity index (χ0v) is 13.1. The molecule has 2 aromatic heterocycles. The Morgan fingerprint density at radius 3 is 2.68 bits per heavy atom. The molecule has 1 aromatic carbocycles. The summed E-state index contributed by atoms with van der Waals surface area (Å²) in [6.45, 7) is 2.06. The number of amides is 1. The van der Waals surface area contributed by atoms with Crippen molar-refractivity contribution in [3.8, 4) is 0 Å². The molecule has 6 heteroatoms. The van der Waals surface area contributed by atoms with Gasteiger partial charge >= 0.3 is 0 Å². The molecule has 1 atom stereocenters. The van der Waals surface area contributed by atoms with Gasteiger partial charge in [-0.1, -0.05) is 12.1 Å². The van der Waals surface area contributed by atoms with E-state index in [1.165, 1.54) is 0 Å². The van der Waals surface area contributed by atoms with E-state index in [-0.39, 0.29) is 11.9 Å². The third-order valence-electron chi connectivity index (χ3n) is 3.51. The van der Waals surface area contributed by atoms with Gasteiger partial charge in [0.1, 0.15) is 17.0 Å². The van der Waals surface area contributed by atoms with Crippen LogP contribution in [0.3, 0.4) is 0 Å². The molecule has 3 aromatic rings. The van der Waals surface area contributed by atoms with Gasteiger partial charge in [-0.2, -0.15) is 0 Å². The van der Waals surface area contributed by atoms with E-state index in [0.29, 0.717) is 5.56 Å². The van der Waals surface area contributed by atoms with E-state index in [9.17, 15) is 4.79 Å². The van der Waals surface area contributed by atoms with Crippen molar-refractivity contribution in [3.63, 3.8) is 0 Å². The minimum absolute atomic E-state index is 0.0803. The lowest BCUT2D eigenvalue weighted by molar-refractivity contribution is 0.0963. The Morgan fingerprint density at radius 1 is 1.18 bits per heavy atom. The number of hydrogen-bond donors (Lipinski definition) is 2. The van der Waals surface area contributed by atoms with Gasteiger partial charge in [0.2, 0.25) is 0 Å². The second-order valence-corrected chi connectivity index (χ2v) is 5.82. The van der Waals surface area contributed by atoms with Crippen molar-refractivity contribution >= 4 is 33.3 Å². The maximum atomic E-state index is 11.6. The van der Waals surface area contributed by atoms with E-state index < -0.39 is 0 Å². The first-order valence-corrected chi connectivity index (χ1v) is 7.84. The summed E-state index contributed by atoms with van der Waals surface area (Å²) in [6, 6.07) is 9.65. The molecule has 1 unspecified atom stereocenters. The Kier molecular flexibility index (Phi) is 4.02. The molecule has 0 spiro atoms. The predicted octanol–water partition coefficient (Wildman–Crippen LogP) is 3.22. The van der Waals surface area contributed by atoms with Crippen LogP contribution < -0.4 is 10.6 Å². The van der Waals surface area contributed by atoms with E-state index in [1.54, 1.807) is 24.7 Å². The van der Waals surface area contributed by atoms with Crippen molar-refractivity contribution in [2.24, 2.45) is 0 Å². The Bertz CT molecular complexity index is 797. The van der Waals surface area contributed by atoms with Crippen LogP contribution in [0.25, 0.3) is 10.2 Å². The van der Waals surface area contributed by atoms with Crippen LogP contribution in [0.4, 0.5) is 5.82 Å². The number of rotatable bonds is 4. The van der Waals surface area contributed by atoms with Crippen molar-refractivity contribution in [1.82, 2.24) is 15.3 Å². The van der Waals surface area contributed by atoms with E-state index >= 15 is 0 Å². The minimum Gasteiger partial charge on any atom is -0.363 e. The molecular formula is C16H16N4OS. The Hall–Kier alpha value is -2.47. The van der Waals surface area contributed by atoms with Crippen LogP contribution in [0.15, 0.2) is 42.0 Å². The quantitative estimate of drug-likeness (QED) is 0.776. The first-order chi connectivity index (χ1) is 10.7. The fourth-order valence-electron chi connectivity index (χ4n) is 2.26. The van der Waals surface area contributed by atoms with Gasteiger partial charge in [0.15, 0.2) is 0 Å². The van der Waals surface area contributed by atoms with Crippen LogP contribution in [0.1, 0.15) is 28.9 Å². The third kappa shape index (κ3) is 2.78. The second-order valence-electron chi connectivity index (χ2n) is 4.93. The van der Waals surface area contributed by atoms with Crippen molar-refractivity contribution in [3.05, 3.63) is 53.2 Å². The number of thiophene rings is 1. The molecule has 3 rings (SSSR count). The fraction of sp³-hybridized carbons (Fsp3) is 0.188. The van der Waals surface area contributed by atoms with Crippen LogP contribution in [-0.2, 0) is 0 Å². The van der Waals surface area contributed by atoms with Gasteiger partial charge in [-0.25, -0.2) is 9.97 Å². The molecule has 0 aliphatic rings. The normalized spacial score (nSPS) is 12.1. The molecule has 0 aliphatic carbocycles. The number of carbonyl (C=O) groups is 1. The largest absolute Gasteiger partial charge is 0.363 e. The van der Waals surface area contributed by atoms with Gasteiger partial charge in [0.25, 0.3) is 5.91 Å². The number of nitrogens with zero attached hydrogens (tertiary/aromatic N) is 2. The zero-order valence-electron chi connectivity index (χ0n) is 12.3. The molecule has 0 bridgehead atoms. The molecule has 0 radical (unpaired) electrons. The smallest absolute Gasteiger partial charge is 0.251 e. The van der Waals surface area contributed by atoms with Crippen molar-refractivity contribution < 1.29 is 4.79 Å². The summed E-state index contributed by atoms with van der Waals surface area (Å²) in [5, 5.41) is 9.06. The summed E-state index contributed by atoms with van der Waals surface area (Å²) >= 11 is 1.60. The molecule has 0 aliphatic heterocycles. The minimum atomic E-state index is -0.0806. The molecule has 0 fully saturated rings. The summed E-state index contributed by atoms with van der Waals surface area (Å²) in [4.78, 5) is 21.1. The van der Waals surface area contributed by atoms with Crippen molar-refractivity contribution in [2.45, 2.75) is 13.0 Å². The van der Waals surface area contributed by atoms with Gasteiger partial charge < -0.3 is 10.6 Å². The number of hydrogen-bond acceptors (Lipinski definition) is 5. The average Bonchev–Trinajstić information content (AvgIpc) is 3.04. The van der Waals surface area contributed by atoms with Crippen LogP contribution >= 0.6 is 11.3 Å². The highest BCUT2D eigenvalue weighted by molar-refractivity contribution is 7.16. The number of anilines is 1. The maximum absolute atomic E-state index is 11.6. The summed E-state index contributed by atoms with van der Waals surface area (Å²) in [6.07, 6.45) is 1.57. The SMILES string of the molecule is CNC(=O)c1ccc(C(C)Nc2ncnc3sccc23)cc1. The zero-order chi connectivity index (χ0) is 15.5. The fourth-order valence-corrected chi connectivity index (χ4v) is 2.99. The molecule has 1 amide bonds. The van der Waals surface area contributed by atoms with Gasteiger partial charge in [-0.3, -0.25) is 4.79 Å². The summed E-state index contributed by atoms with van der Waals surface area (Å²) in [5.74, 6) is 0.747. The highest BCUT2D eigenvalue weighted by Gasteiger charge is 2.11. The number of nitrogens with one attached hydrogen (secondary N) is 2. The lowest BCUT2D eigenvalue weighted by Crippen LogP contribution is -2.17. The van der Waals surface area contributed by atoms with E-state index in [0.717, 1.165) is 21.6 Å². The lowest BCUT2D eigenvalue weighted by Gasteiger charge is -2.15. The Labute approximate surface area is 132 Å². The number of carbonyl (C=O) groups excluding carboxylic acids is 1. The van der Waals surface area contributed by atoms with Crippen molar-refractivity contribution in [1.29, 1.82) is 0 Å². The molecule has 0 saturated carbocycles. The van der Waals surface area contributed by atoms with E-state index in [2.05, 4.69) is 27.5 Å². The summed E-state index contributed by atoms with van der Waals surface area (Å²) < 4.78 is 0. The van der Waals surface area contributed by atoms with Crippen LogP contribution in [-0.4, -0.2) is 22.9 Å². The van der Waals surface area contributed by atoms with E-state index in [1.807, 2.05) is 35.7 Å². The van der Waals surface area contributed by atoms with Crippen LogP contribution in [0, 0.1) is 0 Å². The Balaban J connectivity index is 1.81. The highest BCUT2D eigenvalue weighted by atomic mass is 32.1. The highest BCUT2D eigenvalue weighted by Crippen LogP contribution is 2.27. The van der Waals surface area contributed by atoms with Gasteiger partial charge in [0.05, 0.1) is 5.39 Å². The second kappa shape index (κ2) is 6.11. The molecule has 2 heterocycles. The molecule has 0 saturated heterocycles. The van der Waals surface area contributed by atoms with Crippen LogP contribution in [0.2, 0.25) is 0 Å². The monoisotopic (exact) mass is 312 g/mol. The first kappa shape index (κ1) is 14.5. The molecule has 2 N–H and O–H groups in total. The molecule has 22 heavy (non-hydrogen) atoms. The Morgan fingerprint density at radius 2 is 1.95 bits per heavy atom. The van der Waals surface area contributed by atoms with Gasteiger partial charge in [0, 0.05) is 18.7 Å². The van der Waals surface area contributed by atoms with Crippen LogP contribution in [0.5, 0.6) is 0 Å². The number of benzene rings is 1. The molecular weight excluding hydrogens is 296 g/mol. The number of fused-ring (bicyclic) bond motifs is 1. The maximum Gasteiger partial charge on any atom is 0.251 e. The average molecular weight is 312 g/mol. The molecule has 112 valence electrons. The first-order valence-electron chi connectivity index (χ1n) is 6.96. The van der Waals surface area contributed by atoms with Gasteiger partial charge in [-0.05, 0) is 36.1 Å². The lowest BCUT2D eigenvalue weighted by atomic mass is 10.1. The topological polar surface area (TPSA) is 66.9 Å².